The Morgan fingerprint density at radius 2 is 1.97 bits per heavy atom. The van der Waals surface area contributed by atoms with Crippen LogP contribution >= 0.6 is 11.6 Å². The summed E-state index contributed by atoms with van der Waals surface area (Å²) >= 11 is 5.82. The number of methoxy groups -OCH3 is 1. The maximum Gasteiger partial charge on any atom is 0.323 e. The third-order valence-electron chi connectivity index (χ3n) is 6.07. The van der Waals surface area contributed by atoms with Crippen LogP contribution in [0.5, 0.6) is 0 Å². The number of nitrogens with zero attached hydrogens (tertiary/aromatic N) is 1. The fourth-order valence-electron chi connectivity index (χ4n) is 4.38. The van der Waals surface area contributed by atoms with E-state index in [0.29, 0.717) is 31.9 Å². The van der Waals surface area contributed by atoms with E-state index in [9.17, 15) is 14.0 Å². The second-order valence-corrected chi connectivity index (χ2v) is 9.01. The topological polar surface area (TPSA) is 79.9 Å². The highest BCUT2D eigenvalue weighted by Crippen LogP contribution is 2.34. The van der Waals surface area contributed by atoms with Gasteiger partial charge in [0, 0.05) is 50.3 Å². The van der Waals surface area contributed by atoms with Crippen molar-refractivity contribution in [3.63, 3.8) is 0 Å². The van der Waals surface area contributed by atoms with Gasteiger partial charge in [-0.2, -0.15) is 0 Å². The molecule has 35 heavy (non-hydrogen) atoms. The number of rotatable bonds is 11. The number of hydrogen-bond donors (Lipinski definition) is 2. The highest BCUT2D eigenvalue weighted by molar-refractivity contribution is 6.30. The average molecular weight is 506 g/mol. The molecule has 190 valence electrons. The smallest absolute Gasteiger partial charge is 0.323 e. The van der Waals surface area contributed by atoms with Crippen molar-refractivity contribution in [3.05, 3.63) is 52.8 Å². The lowest BCUT2D eigenvalue weighted by atomic mass is 9.95. The number of amides is 2. The Morgan fingerprint density at radius 3 is 2.63 bits per heavy atom. The van der Waals surface area contributed by atoms with E-state index >= 15 is 0 Å². The number of nitrogens with one attached hydrogen (secondary N) is 2. The fraction of sp³-hybridized carbons (Fsp3) is 0.462. The molecule has 1 unspecified atom stereocenters. The van der Waals surface area contributed by atoms with E-state index in [1.165, 1.54) is 12.1 Å². The summed E-state index contributed by atoms with van der Waals surface area (Å²) in [6.45, 7) is 4.68. The Morgan fingerprint density at radius 1 is 1.23 bits per heavy atom. The molecule has 0 aliphatic carbocycles. The van der Waals surface area contributed by atoms with Crippen LogP contribution in [-0.2, 0) is 14.3 Å². The van der Waals surface area contributed by atoms with Crippen LogP contribution in [0.3, 0.4) is 0 Å². The van der Waals surface area contributed by atoms with Crippen LogP contribution in [-0.4, -0.2) is 51.8 Å². The van der Waals surface area contributed by atoms with Gasteiger partial charge in [0.05, 0.1) is 23.7 Å². The van der Waals surface area contributed by atoms with Gasteiger partial charge in [0.15, 0.2) is 0 Å². The van der Waals surface area contributed by atoms with Crippen molar-refractivity contribution in [2.24, 2.45) is 0 Å². The van der Waals surface area contributed by atoms with Crippen molar-refractivity contribution in [1.29, 1.82) is 0 Å². The Balaban J connectivity index is 1.95. The molecule has 0 radical (unpaired) electrons. The molecular weight excluding hydrogens is 473 g/mol. The number of ether oxygens (including phenoxy) is 2. The summed E-state index contributed by atoms with van der Waals surface area (Å²) in [5.41, 5.74) is 2.36. The number of urea groups is 1. The Bertz CT molecular complexity index is 1000. The maximum absolute atomic E-state index is 14.2. The summed E-state index contributed by atoms with van der Waals surface area (Å²) < 4.78 is 25.1. The molecule has 0 spiro atoms. The van der Waals surface area contributed by atoms with Crippen molar-refractivity contribution in [2.45, 2.75) is 44.6 Å². The molecule has 1 aliphatic rings. The third-order valence-corrected chi connectivity index (χ3v) is 6.31. The van der Waals surface area contributed by atoms with Crippen LogP contribution in [0.1, 0.15) is 44.1 Å². The first-order chi connectivity index (χ1) is 17.0. The largest absolute Gasteiger partial charge is 0.384 e. The van der Waals surface area contributed by atoms with Gasteiger partial charge >= 0.3 is 6.03 Å². The predicted molar refractivity (Wildman–Crippen MR) is 137 cm³/mol. The van der Waals surface area contributed by atoms with E-state index in [2.05, 4.69) is 22.5 Å². The minimum Gasteiger partial charge on any atom is -0.384 e. The lowest BCUT2D eigenvalue weighted by Crippen LogP contribution is -2.40. The Kier molecular flexibility index (Phi) is 10.3. The number of benzene rings is 2. The predicted octanol–water partition coefficient (Wildman–Crippen LogP) is 5.84. The number of carbonyl (C=O) groups is 2. The number of hydrogen-bond acceptors (Lipinski definition) is 5. The number of aldehydes is 1. The van der Waals surface area contributed by atoms with Crippen molar-refractivity contribution in [1.82, 2.24) is 0 Å². The maximum atomic E-state index is 14.2. The van der Waals surface area contributed by atoms with Crippen LogP contribution in [0.2, 0.25) is 5.02 Å². The molecule has 1 heterocycles. The highest BCUT2D eigenvalue weighted by atomic mass is 35.5. The standard InChI is InChI=1S/C26H33ClFN3O4/c1-3-11-31(21-9-13-35-14-10-21)25-7-4-18(19(8-12-32)17-34-2)15-24(25)30-26(33)29-23-6-5-20(27)16-22(23)28/h4-7,12,15-16,19,21H,3,8-11,13-14,17H2,1-2H3,(H2,29,30,33). The van der Waals surface area contributed by atoms with E-state index in [4.69, 9.17) is 21.1 Å². The first-order valence-electron chi connectivity index (χ1n) is 11.9. The van der Waals surface area contributed by atoms with Gasteiger partial charge < -0.3 is 29.8 Å². The zero-order chi connectivity index (χ0) is 25.2. The zero-order valence-electron chi connectivity index (χ0n) is 20.2. The lowest BCUT2D eigenvalue weighted by Gasteiger charge is -2.37. The van der Waals surface area contributed by atoms with Gasteiger partial charge in [-0.25, -0.2) is 9.18 Å². The monoisotopic (exact) mass is 505 g/mol. The van der Waals surface area contributed by atoms with Crippen molar-refractivity contribution < 1.29 is 23.5 Å². The quantitative estimate of drug-likeness (QED) is 0.375. The minimum atomic E-state index is -0.623. The van der Waals surface area contributed by atoms with E-state index in [1.807, 2.05) is 18.2 Å². The second-order valence-electron chi connectivity index (χ2n) is 8.57. The van der Waals surface area contributed by atoms with E-state index < -0.39 is 11.8 Å². The molecule has 9 heteroatoms. The van der Waals surface area contributed by atoms with Crippen LogP contribution in [0.25, 0.3) is 0 Å². The molecule has 2 N–H and O–H groups in total. The average Bonchev–Trinajstić information content (AvgIpc) is 2.85. The molecule has 7 nitrogen and oxygen atoms in total. The molecule has 3 rings (SSSR count). The molecule has 1 fully saturated rings. The normalized spacial score (nSPS) is 14.9. The molecule has 2 aromatic rings. The Hall–Kier alpha value is -2.68. The first-order valence-corrected chi connectivity index (χ1v) is 12.3. The molecule has 1 aliphatic heterocycles. The number of anilines is 3. The Labute approximate surface area is 210 Å². The van der Waals surface area contributed by atoms with Gasteiger partial charge in [-0.15, -0.1) is 0 Å². The van der Waals surface area contributed by atoms with Crippen LogP contribution < -0.4 is 15.5 Å². The van der Waals surface area contributed by atoms with Gasteiger partial charge in [0.25, 0.3) is 0 Å². The molecule has 2 amide bonds. The van der Waals surface area contributed by atoms with E-state index in [-0.39, 0.29) is 22.7 Å². The molecule has 0 bridgehead atoms. The van der Waals surface area contributed by atoms with Crippen molar-refractivity contribution >= 4 is 41.0 Å². The van der Waals surface area contributed by atoms with Gasteiger partial charge in [0.2, 0.25) is 0 Å². The van der Waals surface area contributed by atoms with Crippen LogP contribution in [0.15, 0.2) is 36.4 Å². The number of halogens is 2. The second kappa shape index (κ2) is 13.4. The molecule has 0 saturated carbocycles. The third kappa shape index (κ3) is 7.40. The summed E-state index contributed by atoms with van der Waals surface area (Å²) in [4.78, 5) is 26.5. The van der Waals surface area contributed by atoms with E-state index in [0.717, 1.165) is 49.4 Å². The van der Waals surface area contributed by atoms with E-state index in [1.54, 1.807) is 7.11 Å². The summed E-state index contributed by atoms with van der Waals surface area (Å²) in [6, 6.07) is 9.60. The molecular formula is C26H33ClFN3O4. The fourth-order valence-corrected chi connectivity index (χ4v) is 4.54. The summed E-state index contributed by atoms with van der Waals surface area (Å²) in [6.07, 6.45) is 3.87. The summed E-state index contributed by atoms with van der Waals surface area (Å²) in [7, 11) is 1.59. The van der Waals surface area contributed by atoms with Gasteiger partial charge in [0.1, 0.15) is 12.1 Å². The van der Waals surface area contributed by atoms with Crippen LogP contribution in [0, 0.1) is 5.82 Å². The SMILES string of the molecule is CCCN(c1ccc(C(CC=O)COC)cc1NC(=O)Nc1ccc(Cl)cc1F)C1CCOCC1. The van der Waals surface area contributed by atoms with Gasteiger partial charge in [-0.3, -0.25) is 0 Å². The van der Waals surface area contributed by atoms with Gasteiger partial charge in [-0.1, -0.05) is 24.6 Å². The number of carbonyl (C=O) groups excluding carboxylic acids is 2. The highest BCUT2D eigenvalue weighted by Gasteiger charge is 2.25. The van der Waals surface area contributed by atoms with Gasteiger partial charge in [-0.05, 0) is 55.2 Å². The van der Waals surface area contributed by atoms with Crippen LogP contribution in [0.4, 0.5) is 26.2 Å². The summed E-state index contributed by atoms with van der Waals surface area (Å²) in [5, 5.41) is 5.71. The van der Waals surface area contributed by atoms with Crippen molar-refractivity contribution in [2.75, 3.05) is 49.0 Å². The first kappa shape index (κ1) is 26.9. The minimum absolute atomic E-state index is 0.0256. The molecule has 0 aromatic heterocycles. The molecule has 1 atom stereocenters. The van der Waals surface area contributed by atoms with Crippen molar-refractivity contribution in [3.8, 4) is 0 Å². The lowest BCUT2D eigenvalue weighted by molar-refractivity contribution is -0.108. The summed E-state index contributed by atoms with van der Waals surface area (Å²) in [5.74, 6) is -0.769. The zero-order valence-corrected chi connectivity index (χ0v) is 20.9. The molecule has 2 aromatic carbocycles. The molecule has 1 saturated heterocycles.